The molecule has 1 aromatic carbocycles. The van der Waals surface area contributed by atoms with E-state index in [2.05, 4.69) is 45.6 Å². The van der Waals surface area contributed by atoms with Gasteiger partial charge in [0.25, 0.3) is 0 Å². The minimum Gasteiger partial charge on any atom is -0.389 e. The van der Waals surface area contributed by atoms with Crippen LogP contribution in [0, 0.1) is 17.1 Å². The number of anilines is 1. The Bertz CT molecular complexity index is 1520. The Hall–Kier alpha value is -2.85. The standard InChI is InChI=1S/C24H23FN5OPS.C4H10/c1-12-15(8-28-13(2)30-5-3-4-6-30)16-10-31-11-17(16)19(22(12)32)21-20-14(7-26)24(27)33-23(20)18(25)9-29-21;1-3-4-2/h8-9H,1,3-6,10-11,27,32H2,2H3;3-4H2,1-2H3/b15-8+,28-13?;. The Balaban J connectivity index is 0.000000747. The summed E-state index contributed by atoms with van der Waals surface area (Å²) in [5.74, 6) is 0.500. The monoisotopic (exact) mass is 537 g/mol. The lowest BCUT2D eigenvalue weighted by Crippen LogP contribution is -2.38. The second-order valence-electron chi connectivity index (χ2n) is 9.24. The number of fused-ring (bicyclic) bond motifs is 2. The summed E-state index contributed by atoms with van der Waals surface area (Å²) in [6.45, 7) is 13.6. The molecule has 1 atom stereocenters. The van der Waals surface area contributed by atoms with Gasteiger partial charge in [-0.1, -0.05) is 33.3 Å². The first-order valence-corrected chi connectivity index (χ1v) is 14.0. The normalized spacial score (nSPS) is 15.6. The van der Waals surface area contributed by atoms with E-state index in [4.69, 9.17) is 15.5 Å². The molecule has 2 aliphatic rings. The summed E-state index contributed by atoms with van der Waals surface area (Å²) in [7, 11) is 2.75. The van der Waals surface area contributed by atoms with Crippen molar-refractivity contribution in [2.45, 2.75) is 59.7 Å². The van der Waals surface area contributed by atoms with Gasteiger partial charge in [0, 0.05) is 35.5 Å². The number of thiophene rings is 1. The number of halogens is 1. The molecule has 0 radical (unpaired) electrons. The van der Waals surface area contributed by atoms with Crippen LogP contribution >= 0.6 is 20.6 Å². The van der Waals surface area contributed by atoms with Crippen molar-refractivity contribution in [1.82, 2.24) is 9.88 Å². The molecule has 0 aliphatic carbocycles. The fourth-order valence-electron chi connectivity index (χ4n) is 4.63. The van der Waals surface area contributed by atoms with E-state index in [0.29, 0.717) is 29.0 Å². The SMILES string of the molecule is C=c1c(P)c(-c2ncc(F)c3sc(N)c(C#N)c23)c2c(/c1=C/N=C(C)N1CCCC1)COC2.CCCC. The second-order valence-corrected chi connectivity index (χ2v) is 10.9. The van der Waals surface area contributed by atoms with Gasteiger partial charge in [-0.25, -0.2) is 9.38 Å². The molecular formula is C28H33FN5OPS. The summed E-state index contributed by atoms with van der Waals surface area (Å²) in [4.78, 5) is 11.4. The highest BCUT2D eigenvalue weighted by Gasteiger charge is 2.26. The zero-order chi connectivity index (χ0) is 26.7. The van der Waals surface area contributed by atoms with Crippen LogP contribution in [0.1, 0.15) is 63.1 Å². The van der Waals surface area contributed by atoms with E-state index in [-0.39, 0.29) is 10.6 Å². The number of unbranched alkanes of at least 4 members (excludes halogenated alkanes) is 1. The third-order valence-electron chi connectivity index (χ3n) is 6.89. The zero-order valence-corrected chi connectivity index (χ0v) is 23.6. The summed E-state index contributed by atoms with van der Waals surface area (Å²) in [5.41, 5.74) is 9.58. The smallest absolute Gasteiger partial charge is 0.159 e. The Kier molecular flexibility index (Phi) is 8.59. The van der Waals surface area contributed by atoms with Gasteiger partial charge in [0.15, 0.2) is 5.82 Å². The van der Waals surface area contributed by atoms with Gasteiger partial charge >= 0.3 is 0 Å². The summed E-state index contributed by atoms with van der Waals surface area (Å²) >= 11 is 1.07. The average molecular weight is 538 g/mol. The van der Waals surface area contributed by atoms with Crippen LogP contribution in [0.3, 0.4) is 0 Å². The molecule has 9 heteroatoms. The Morgan fingerprint density at radius 1 is 1.32 bits per heavy atom. The molecule has 194 valence electrons. The fraction of sp³-hybridized carbons (Fsp3) is 0.393. The maximum Gasteiger partial charge on any atom is 0.159 e. The molecule has 2 aromatic heterocycles. The van der Waals surface area contributed by atoms with E-state index in [1.165, 1.54) is 31.9 Å². The lowest BCUT2D eigenvalue weighted by Gasteiger charge is -2.16. The number of nitrogen functional groups attached to an aromatic ring is 1. The number of rotatable bonds is 3. The molecule has 2 N–H and O–H groups in total. The first-order valence-electron chi connectivity index (χ1n) is 12.6. The van der Waals surface area contributed by atoms with Gasteiger partial charge in [0.1, 0.15) is 16.9 Å². The van der Waals surface area contributed by atoms with Gasteiger partial charge in [-0.3, -0.25) is 4.98 Å². The van der Waals surface area contributed by atoms with E-state index in [9.17, 15) is 9.65 Å². The Labute approximate surface area is 223 Å². The third kappa shape index (κ3) is 5.13. The van der Waals surface area contributed by atoms with Crippen LogP contribution in [-0.4, -0.2) is 28.8 Å². The van der Waals surface area contributed by atoms with Crippen LogP contribution in [0.15, 0.2) is 11.2 Å². The predicted octanol–water partition coefficient (Wildman–Crippen LogP) is 4.56. The van der Waals surface area contributed by atoms with Gasteiger partial charge in [-0.2, -0.15) is 5.26 Å². The van der Waals surface area contributed by atoms with Gasteiger partial charge in [-0.15, -0.1) is 20.6 Å². The Morgan fingerprint density at radius 2 is 2.00 bits per heavy atom. The third-order valence-corrected chi connectivity index (χ3v) is 8.56. The number of nitriles is 1. The summed E-state index contributed by atoms with van der Waals surface area (Å²) in [6, 6.07) is 2.12. The number of benzene rings is 1. The zero-order valence-electron chi connectivity index (χ0n) is 21.7. The molecule has 0 saturated carbocycles. The first kappa shape index (κ1) is 27.2. The fourth-order valence-corrected chi connectivity index (χ4v) is 6.02. The number of pyridine rings is 1. The van der Waals surface area contributed by atoms with E-state index >= 15 is 0 Å². The number of hydrogen-bond donors (Lipinski definition) is 1. The highest BCUT2D eigenvalue weighted by Crippen LogP contribution is 2.41. The van der Waals surface area contributed by atoms with Crippen LogP contribution in [0.25, 0.3) is 34.1 Å². The average Bonchev–Trinajstić information content (AvgIpc) is 3.66. The molecule has 0 bridgehead atoms. The van der Waals surface area contributed by atoms with Crippen LogP contribution in [-0.2, 0) is 18.0 Å². The maximum absolute atomic E-state index is 14.6. The number of aromatic nitrogens is 1. The highest BCUT2D eigenvalue weighted by atomic mass is 32.1. The van der Waals surface area contributed by atoms with Gasteiger partial charge in [0.2, 0.25) is 0 Å². The van der Waals surface area contributed by atoms with Crippen molar-refractivity contribution < 1.29 is 9.13 Å². The van der Waals surface area contributed by atoms with E-state index in [1.807, 2.05) is 13.1 Å². The largest absolute Gasteiger partial charge is 0.389 e. The molecule has 3 aromatic rings. The number of likely N-dealkylation sites (tertiary alicyclic amines) is 1. The van der Waals surface area contributed by atoms with Crippen molar-refractivity contribution in [3.8, 4) is 17.3 Å². The van der Waals surface area contributed by atoms with E-state index < -0.39 is 5.82 Å². The molecule has 6 nitrogen and oxygen atoms in total. The van der Waals surface area contributed by atoms with E-state index in [0.717, 1.165) is 62.7 Å². The molecule has 1 fully saturated rings. The molecule has 2 aliphatic heterocycles. The number of nitrogens with zero attached hydrogens (tertiary/aromatic N) is 4. The lowest BCUT2D eigenvalue weighted by molar-refractivity contribution is 0.134. The van der Waals surface area contributed by atoms with E-state index in [1.54, 1.807) is 0 Å². The summed E-state index contributed by atoms with van der Waals surface area (Å²) in [6.07, 6.45) is 8.08. The first-order chi connectivity index (χ1) is 17.8. The lowest BCUT2D eigenvalue weighted by atomic mass is 9.95. The minimum atomic E-state index is -0.489. The highest BCUT2D eigenvalue weighted by molar-refractivity contribution is 7.28. The van der Waals surface area contributed by atoms with Crippen molar-refractivity contribution in [3.63, 3.8) is 0 Å². The number of ether oxygens (including phenoxy) is 1. The molecule has 1 saturated heterocycles. The minimum absolute atomic E-state index is 0.251. The Morgan fingerprint density at radius 3 is 2.65 bits per heavy atom. The number of hydrogen-bond acceptors (Lipinski definition) is 6. The number of amidine groups is 1. The van der Waals surface area contributed by atoms with Crippen molar-refractivity contribution in [1.29, 1.82) is 5.26 Å². The molecule has 0 spiro atoms. The van der Waals surface area contributed by atoms with Crippen LogP contribution in [0.5, 0.6) is 0 Å². The maximum atomic E-state index is 14.6. The molecule has 0 amide bonds. The van der Waals surface area contributed by atoms with Crippen LogP contribution in [0.2, 0.25) is 0 Å². The number of aliphatic imine (C=N–C) groups is 1. The topological polar surface area (TPSA) is 87.5 Å². The van der Waals surface area contributed by atoms with Crippen molar-refractivity contribution >= 4 is 59.6 Å². The molecule has 5 rings (SSSR count). The quantitative estimate of drug-likeness (QED) is 0.301. The van der Waals surface area contributed by atoms with Gasteiger partial charge < -0.3 is 15.4 Å². The van der Waals surface area contributed by atoms with Crippen LogP contribution in [0.4, 0.5) is 9.39 Å². The molecule has 37 heavy (non-hydrogen) atoms. The summed E-state index contributed by atoms with van der Waals surface area (Å²) < 4.78 is 20.7. The second kappa shape index (κ2) is 11.7. The van der Waals surface area contributed by atoms with Crippen molar-refractivity contribution in [2.24, 2.45) is 4.99 Å². The van der Waals surface area contributed by atoms with Gasteiger partial charge in [0.05, 0.1) is 35.4 Å². The van der Waals surface area contributed by atoms with Crippen LogP contribution < -0.4 is 21.5 Å². The molecule has 4 heterocycles. The van der Waals surface area contributed by atoms with Crippen molar-refractivity contribution in [3.05, 3.63) is 39.1 Å². The van der Waals surface area contributed by atoms with Gasteiger partial charge in [-0.05, 0) is 41.4 Å². The van der Waals surface area contributed by atoms with Crippen molar-refractivity contribution in [2.75, 3.05) is 18.8 Å². The summed E-state index contributed by atoms with van der Waals surface area (Å²) in [5, 5.41) is 13.0. The number of nitrogens with two attached hydrogens (primary N) is 1. The molecule has 1 unspecified atom stereocenters. The molecular weight excluding hydrogens is 504 g/mol. The predicted molar refractivity (Wildman–Crippen MR) is 156 cm³/mol.